The molecule has 39 heavy (non-hydrogen) atoms. The molecule has 10 nitrogen and oxygen atoms in total. The average Bonchev–Trinajstić information content (AvgIpc) is 3.59. The fourth-order valence-corrected chi connectivity index (χ4v) is 5.76. The van der Waals surface area contributed by atoms with E-state index in [1.165, 1.54) is 0 Å². The van der Waals surface area contributed by atoms with Crippen LogP contribution in [0.2, 0.25) is 0 Å². The van der Waals surface area contributed by atoms with Gasteiger partial charge in [-0.3, -0.25) is 4.99 Å². The zero-order valence-electron chi connectivity index (χ0n) is 23.1. The van der Waals surface area contributed by atoms with Gasteiger partial charge in [-0.25, -0.2) is 9.97 Å². The summed E-state index contributed by atoms with van der Waals surface area (Å²) in [6, 6.07) is 0. The first kappa shape index (κ1) is 28.3. The third-order valence-corrected chi connectivity index (χ3v) is 8.26. The predicted octanol–water partition coefficient (Wildman–Crippen LogP) is 2.75. The summed E-state index contributed by atoms with van der Waals surface area (Å²) >= 11 is 0. The van der Waals surface area contributed by atoms with E-state index in [2.05, 4.69) is 60.1 Å². The van der Waals surface area contributed by atoms with Crippen LogP contribution in [-0.2, 0) is 24.3 Å². The molecule has 212 valence electrons. The third kappa shape index (κ3) is 6.42. The molecule has 0 bridgehead atoms. The van der Waals surface area contributed by atoms with Crippen molar-refractivity contribution < 1.29 is 18.9 Å². The first-order valence-corrected chi connectivity index (χ1v) is 14.4. The van der Waals surface area contributed by atoms with Gasteiger partial charge in [0.25, 0.3) is 0 Å². The number of nitrogens with two attached hydrogens (primary N) is 1. The molecule has 0 aromatic carbocycles. The molecule has 7 atom stereocenters. The quantitative estimate of drug-likeness (QED) is 0.203. The summed E-state index contributed by atoms with van der Waals surface area (Å²) in [6.45, 7) is 10.6. The van der Waals surface area contributed by atoms with Crippen molar-refractivity contribution in [2.45, 2.75) is 75.5 Å². The van der Waals surface area contributed by atoms with E-state index in [1.54, 1.807) is 12.5 Å². The Morgan fingerprint density at radius 1 is 1.26 bits per heavy atom. The van der Waals surface area contributed by atoms with E-state index in [4.69, 9.17) is 24.7 Å². The Morgan fingerprint density at radius 3 is 2.77 bits per heavy atom. The fraction of sp³-hybridized carbons (Fsp3) is 0.607. The van der Waals surface area contributed by atoms with Crippen LogP contribution in [0.5, 0.6) is 0 Å². The molecule has 5 unspecified atom stereocenters. The molecule has 2 aliphatic heterocycles. The largest absolute Gasteiger partial charge is 0.382 e. The molecule has 3 N–H and O–H groups in total. The molecule has 4 aliphatic rings. The molecule has 0 amide bonds. The number of fused-ring (bicyclic) bond motifs is 1. The van der Waals surface area contributed by atoms with E-state index in [1.807, 2.05) is 14.0 Å². The van der Waals surface area contributed by atoms with Gasteiger partial charge in [0, 0.05) is 37.6 Å². The molecule has 0 spiro atoms. The van der Waals surface area contributed by atoms with E-state index in [0.717, 1.165) is 59.7 Å². The number of anilines is 1. The molecular formula is C28H41N6O4P. The molecule has 1 aromatic rings. The highest BCUT2D eigenvalue weighted by Crippen LogP contribution is 2.58. The highest BCUT2D eigenvalue weighted by atomic mass is 31.0. The van der Waals surface area contributed by atoms with Crippen molar-refractivity contribution in [1.82, 2.24) is 15.3 Å². The highest BCUT2D eigenvalue weighted by Gasteiger charge is 2.54. The number of rotatable bonds is 14. The van der Waals surface area contributed by atoms with Crippen LogP contribution in [0.25, 0.3) is 0 Å². The fourth-order valence-electron chi connectivity index (χ4n) is 5.25. The van der Waals surface area contributed by atoms with Gasteiger partial charge in [0.2, 0.25) is 0 Å². The number of ether oxygens (including phenoxy) is 4. The van der Waals surface area contributed by atoms with E-state index in [-0.39, 0.29) is 24.5 Å². The minimum atomic E-state index is -0.601. The third-order valence-electron chi connectivity index (χ3n) is 7.53. The lowest BCUT2D eigenvalue weighted by Gasteiger charge is -2.18. The number of nitrogens with zero attached hydrogens (tertiary/aromatic N) is 4. The Kier molecular flexibility index (Phi) is 8.81. The Hall–Kier alpha value is -2.20. The van der Waals surface area contributed by atoms with Crippen molar-refractivity contribution in [2.75, 3.05) is 38.3 Å². The second kappa shape index (κ2) is 12.1. The van der Waals surface area contributed by atoms with Crippen LogP contribution >= 0.6 is 9.24 Å². The minimum Gasteiger partial charge on any atom is -0.382 e. The van der Waals surface area contributed by atoms with Gasteiger partial charge in [-0.1, -0.05) is 28.0 Å². The van der Waals surface area contributed by atoms with E-state index >= 15 is 0 Å². The maximum absolute atomic E-state index is 6.20. The van der Waals surface area contributed by atoms with Crippen molar-refractivity contribution in [2.24, 2.45) is 10.7 Å². The lowest BCUT2D eigenvalue weighted by molar-refractivity contribution is -0.0305. The van der Waals surface area contributed by atoms with Gasteiger partial charge in [-0.15, -0.1) is 0 Å². The summed E-state index contributed by atoms with van der Waals surface area (Å²) in [5, 5.41) is 2.78. The second-order valence-electron chi connectivity index (χ2n) is 10.6. The first-order chi connectivity index (χ1) is 18.8. The van der Waals surface area contributed by atoms with Crippen LogP contribution in [0.4, 0.5) is 5.82 Å². The lowest BCUT2D eigenvalue weighted by Crippen LogP contribution is -2.24. The molecule has 5 rings (SSSR count). The van der Waals surface area contributed by atoms with Crippen molar-refractivity contribution in [3.05, 3.63) is 53.3 Å². The number of hydrogen-bond acceptors (Lipinski definition) is 10. The van der Waals surface area contributed by atoms with E-state index in [0.29, 0.717) is 32.4 Å². The maximum Gasteiger partial charge on any atom is 0.154 e. The molecule has 2 fully saturated rings. The summed E-state index contributed by atoms with van der Waals surface area (Å²) in [5.41, 5.74) is 10.6. The monoisotopic (exact) mass is 556 g/mol. The molecule has 3 heterocycles. The summed E-state index contributed by atoms with van der Waals surface area (Å²) in [7, 11) is 4.81. The summed E-state index contributed by atoms with van der Waals surface area (Å²) in [4.78, 5) is 15.5. The van der Waals surface area contributed by atoms with E-state index in [9.17, 15) is 0 Å². The average molecular weight is 557 g/mol. The predicted molar refractivity (Wildman–Crippen MR) is 155 cm³/mol. The number of aromatic nitrogens is 2. The van der Waals surface area contributed by atoms with Gasteiger partial charge in [-0.05, 0) is 39.5 Å². The van der Waals surface area contributed by atoms with Gasteiger partial charge in [-0.2, -0.15) is 0 Å². The van der Waals surface area contributed by atoms with Crippen LogP contribution in [0.15, 0.2) is 47.0 Å². The van der Waals surface area contributed by atoms with Gasteiger partial charge in [0.15, 0.2) is 5.34 Å². The van der Waals surface area contributed by atoms with Crippen LogP contribution in [-0.4, -0.2) is 80.2 Å². The van der Waals surface area contributed by atoms with Gasteiger partial charge in [0.05, 0.1) is 48.5 Å². The normalized spacial score (nSPS) is 31.4. The summed E-state index contributed by atoms with van der Waals surface area (Å²) < 4.78 is 23.9. The standard InChI is InChI=1S/C28H41N6O4P/c1-5-30-24-22(25(24)35-14-19-9-8-17(2)37-19)18(3)31-12-6-7-13-34(4)27-23-26(32-16-33-27)28(23,39)36-15-20-10-11-21(29)38-20/h5-7,16-17,19-21,25,31H,3,8-15,29,39H2,1-2,4H3/b7-6+,30-5?/t17?,19-,20-,21?,25?,28?/m0/s1. The Bertz CT molecular complexity index is 1160. The molecule has 11 heteroatoms. The lowest BCUT2D eigenvalue weighted by atomic mass is 10.2. The molecule has 0 saturated carbocycles. The second-order valence-corrected chi connectivity index (χ2v) is 11.4. The maximum atomic E-state index is 6.20. The zero-order chi connectivity index (χ0) is 27.6. The van der Waals surface area contributed by atoms with Crippen LogP contribution in [0.3, 0.4) is 0 Å². The van der Waals surface area contributed by atoms with Gasteiger partial charge in [0.1, 0.15) is 24.5 Å². The van der Waals surface area contributed by atoms with Crippen molar-refractivity contribution in [3.8, 4) is 0 Å². The molecule has 1 aromatic heterocycles. The number of aliphatic imine (C=N–C) groups is 1. The smallest absolute Gasteiger partial charge is 0.154 e. The SMILES string of the molecule is C=C(NC/C=C/CN(C)c1ncnc2c1C2(P)OC[C@@H]1CCC(N)O1)C1=C(N=CC)C1OC[C@@H]1CCC(C)O1. The van der Waals surface area contributed by atoms with Gasteiger partial charge >= 0.3 is 0 Å². The summed E-state index contributed by atoms with van der Waals surface area (Å²) in [6.07, 6.45) is 11.7. The Morgan fingerprint density at radius 2 is 2.05 bits per heavy atom. The molecule has 0 radical (unpaired) electrons. The molecule has 2 aliphatic carbocycles. The zero-order valence-corrected chi connectivity index (χ0v) is 24.3. The van der Waals surface area contributed by atoms with Crippen molar-refractivity contribution in [1.29, 1.82) is 0 Å². The van der Waals surface area contributed by atoms with Crippen molar-refractivity contribution in [3.63, 3.8) is 0 Å². The Balaban J connectivity index is 1.06. The summed E-state index contributed by atoms with van der Waals surface area (Å²) in [5.74, 6) is 0.867. The Labute approximate surface area is 233 Å². The van der Waals surface area contributed by atoms with Crippen LogP contribution in [0.1, 0.15) is 50.8 Å². The molecular weight excluding hydrogens is 515 g/mol. The number of nitrogens with one attached hydrogen (secondary N) is 1. The van der Waals surface area contributed by atoms with Crippen LogP contribution < -0.4 is 16.0 Å². The number of likely N-dealkylation sites (N-methyl/N-ethyl adjacent to an activating group) is 1. The van der Waals surface area contributed by atoms with E-state index < -0.39 is 5.34 Å². The first-order valence-electron chi connectivity index (χ1n) is 13.8. The topological polar surface area (TPSA) is 116 Å². The van der Waals surface area contributed by atoms with Crippen LogP contribution in [0, 0.1) is 0 Å². The molecule has 2 saturated heterocycles. The highest BCUT2D eigenvalue weighted by molar-refractivity contribution is 7.19. The number of hydrogen-bond donors (Lipinski definition) is 2. The van der Waals surface area contributed by atoms with Crippen molar-refractivity contribution >= 4 is 21.3 Å². The minimum absolute atomic E-state index is 0.0248. The van der Waals surface area contributed by atoms with Gasteiger partial charge < -0.3 is 34.9 Å².